The van der Waals surface area contributed by atoms with E-state index in [9.17, 15) is 9.50 Å². The highest BCUT2D eigenvalue weighted by Crippen LogP contribution is 2.27. The van der Waals surface area contributed by atoms with Gasteiger partial charge in [-0.3, -0.25) is 0 Å². The van der Waals surface area contributed by atoms with E-state index in [1.807, 2.05) is 4.90 Å². The Morgan fingerprint density at radius 2 is 2.06 bits per heavy atom. The van der Waals surface area contributed by atoms with Crippen molar-refractivity contribution < 1.29 is 14.6 Å². The smallest absolute Gasteiger partial charge is 0.146 e. The second kappa shape index (κ2) is 5.67. The van der Waals surface area contributed by atoms with Crippen molar-refractivity contribution in [2.75, 3.05) is 24.6 Å². The van der Waals surface area contributed by atoms with E-state index in [-0.39, 0.29) is 12.4 Å². The van der Waals surface area contributed by atoms with Gasteiger partial charge in [-0.2, -0.15) is 0 Å². The second-order valence-electron chi connectivity index (χ2n) is 5.00. The number of aliphatic hydroxyl groups is 2. The summed E-state index contributed by atoms with van der Waals surface area (Å²) in [6.45, 7) is 3.39. The Morgan fingerprint density at radius 1 is 1.39 bits per heavy atom. The van der Waals surface area contributed by atoms with E-state index in [1.54, 1.807) is 19.1 Å². The van der Waals surface area contributed by atoms with Crippen LogP contribution >= 0.6 is 0 Å². The van der Waals surface area contributed by atoms with Gasteiger partial charge in [-0.1, -0.05) is 6.07 Å². The monoisotopic (exact) mass is 253 g/mol. The molecular formula is C14H20FNO2. The Morgan fingerprint density at radius 3 is 2.56 bits per heavy atom. The van der Waals surface area contributed by atoms with Crippen LogP contribution in [0.1, 0.15) is 31.4 Å². The van der Waals surface area contributed by atoms with Crippen LogP contribution in [0.15, 0.2) is 18.2 Å². The van der Waals surface area contributed by atoms with Gasteiger partial charge >= 0.3 is 0 Å². The minimum Gasteiger partial charge on any atom is -0.396 e. The molecule has 1 fully saturated rings. The summed E-state index contributed by atoms with van der Waals surface area (Å²) in [5, 5.41) is 18.5. The summed E-state index contributed by atoms with van der Waals surface area (Å²) < 4.78 is 14.0. The van der Waals surface area contributed by atoms with E-state index < -0.39 is 6.10 Å². The quantitative estimate of drug-likeness (QED) is 0.867. The minimum absolute atomic E-state index is 0.220. The first-order valence-corrected chi connectivity index (χ1v) is 6.45. The normalized spacial score (nSPS) is 19.0. The Hall–Kier alpha value is -1.13. The molecule has 100 valence electrons. The van der Waals surface area contributed by atoms with Crippen LogP contribution in [0, 0.1) is 11.7 Å². The summed E-state index contributed by atoms with van der Waals surface area (Å²) in [6.07, 6.45) is 1.15. The van der Waals surface area contributed by atoms with Crippen molar-refractivity contribution in [3.63, 3.8) is 0 Å². The first-order chi connectivity index (χ1) is 8.61. The molecule has 1 atom stereocenters. The van der Waals surface area contributed by atoms with E-state index >= 15 is 0 Å². The van der Waals surface area contributed by atoms with Gasteiger partial charge < -0.3 is 15.1 Å². The van der Waals surface area contributed by atoms with Gasteiger partial charge in [0, 0.05) is 19.7 Å². The van der Waals surface area contributed by atoms with Crippen LogP contribution in [0.2, 0.25) is 0 Å². The highest BCUT2D eigenvalue weighted by molar-refractivity contribution is 5.49. The maximum absolute atomic E-state index is 14.0. The maximum Gasteiger partial charge on any atom is 0.146 e. The Labute approximate surface area is 107 Å². The molecule has 1 unspecified atom stereocenters. The molecule has 1 heterocycles. The van der Waals surface area contributed by atoms with Gasteiger partial charge in [-0.25, -0.2) is 4.39 Å². The van der Waals surface area contributed by atoms with Crippen molar-refractivity contribution in [3.05, 3.63) is 29.6 Å². The number of hydrogen-bond donors (Lipinski definition) is 2. The molecule has 3 nitrogen and oxygen atoms in total. The fraction of sp³-hybridized carbons (Fsp3) is 0.571. The highest BCUT2D eigenvalue weighted by atomic mass is 19.1. The molecule has 18 heavy (non-hydrogen) atoms. The molecule has 1 aromatic rings. The second-order valence-corrected chi connectivity index (χ2v) is 5.00. The lowest BCUT2D eigenvalue weighted by Gasteiger charge is -2.33. The van der Waals surface area contributed by atoms with Crippen molar-refractivity contribution in [3.8, 4) is 0 Å². The number of hydrogen-bond acceptors (Lipinski definition) is 3. The molecular weight excluding hydrogens is 233 g/mol. The van der Waals surface area contributed by atoms with Crippen molar-refractivity contribution in [2.24, 2.45) is 5.92 Å². The number of halogens is 1. The van der Waals surface area contributed by atoms with Gasteiger partial charge in [0.2, 0.25) is 0 Å². The van der Waals surface area contributed by atoms with Crippen LogP contribution < -0.4 is 4.90 Å². The first kappa shape index (κ1) is 13.3. The SMILES string of the molecule is CC(O)c1ccc(N2CCC(CO)CC2)c(F)c1. The van der Waals surface area contributed by atoms with Crippen LogP contribution in [0.5, 0.6) is 0 Å². The third-order valence-electron chi connectivity index (χ3n) is 3.67. The van der Waals surface area contributed by atoms with Crippen molar-refractivity contribution in [1.29, 1.82) is 0 Å². The average molecular weight is 253 g/mol. The molecule has 4 heteroatoms. The van der Waals surface area contributed by atoms with Gasteiger partial charge in [0.05, 0.1) is 11.8 Å². The molecule has 1 saturated heterocycles. The third kappa shape index (κ3) is 2.82. The van der Waals surface area contributed by atoms with Crippen LogP contribution in [0.4, 0.5) is 10.1 Å². The van der Waals surface area contributed by atoms with E-state index in [0.717, 1.165) is 25.9 Å². The molecule has 1 aliphatic heterocycles. The summed E-state index contributed by atoms with van der Waals surface area (Å²) in [5.74, 6) is 0.0666. The van der Waals surface area contributed by atoms with Crippen LogP contribution in [0.25, 0.3) is 0 Å². The zero-order valence-electron chi connectivity index (χ0n) is 10.6. The molecule has 0 bridgehead atoms. The molecule has 0 radical (unpaired) electrons. The fourth-order valence-electron chi connectivity index (χ4n) is 2.40. The fourth-order valence-corrected chi connectivity index (χ4v) is 2.40. The molecule has 2 rings (SSSR count). The Balaban J connectivity index is 2.10. The zero-order valence-corrected chi connectivity index (χ0v) is 10.6. The standard InChI is InChI=1S/C14H20FNO2/c1-10(18)12-2-3-14(13(15)8-12)16-6-4-11(9-17)5-7-16/h2-3,8,10-11,17-18H,4-7,9H2,1H3. The summed E-state index contributed by atoms with van der Waals surface area (Å²) in [7, 11) is 0. The topological polar surface area (TPSA) is 43.7 Å². The van der Waals surface area contributed by atoms with Crippen LogP contribution in [-0.4, -0.2) is 29.9 Å². The summed E-state index contributed by atoms with van der Waals surface area (Å²) in [4.78, 5) is 2.01. The van der Waals surface area contributed by atoms with E-state index in [0.29, 0.717) is 17.2 Å². The average Bonchev–Trinajstić information content (AvgIpc) is 2.38. The predicted molar refractivity (Wildman–Crippen MR) is 69.1 cm³/mol. The van der Waals surface area contributed by atoms with Crippen LogP contribution in [0.3, 0.4) is 0 Å². The lowest BCUT2D eigenvalue weighted by Crippen LogP contribution is -2.35. The number of anilines is 1. The number of aliphatic hydroxyl groups excluding tert-OH is 2. The number of benzene rings is 1. The lowest BCUT2D eigenvalue weighted by molar-refractivity contribution is 0.198. The molecule has 1 aliphatic rings. The first-order valence-electron chi connectivity index (χ1n) is 6.45. The summed E-state index contributed by atoms with van der Waals surface area (Å²) in [6, 6.07) is 4.90. The summed E-state index contributed by atoms with van der Waals surface area (Å²) in [5.41, 5.74) is 1.19. The molecule has 0 aliphatic carbocycles. The predicted octanol–water partition coefficient (Wildman–Crippen LogP) is 2.09. The molecule has 0 aromatic heterocycles. The number of nitrogens with zero attached hydrogens (tertiary/aromatic N) is 1. The van der Waals surface area contributed by atoms with Gasteiger partial charge in [0.25, 0.3) is 0 Å². The van der Waals surface area contributed by atoms with Crippen molar-refractivity contribution >= 4 is 5.69 Å². The molecule has 0 spiro atoms. The van der Waals surface area contributed by atoms with Crippen LogP contribution in [-0.2, 0) is 0 Å². The Bertz CT molecular complexity index is 401. The Kier molecular flexibility index (Phi) is 4.19. The summed E-state index contributed by atoms with van der Waals surface area (Å²) >= 11 is 0. The van der Waals surface area contributed by atoms with Gasteiger partial charge in [0.1, 0.15) is 5.82 Å². The van der Waals surface area contributed by atoms with E-state index in [1.165, 1.54) is 6.07 Å². The highest BCUT2D eigenvalue weighted by Gasteiger charge is 2.21. The van der Waals surface area contributed by atoms with Crippen molar-refractivity contribution in [1.82, 2.24) is 0 Å². The molecule has 2 N–H and O–H groups in total. The van der Waals surface area contributed by atoms with Gasteiger partial charge in [-0.05, 0) is 43.4 Å². The number of piperidine rings is 1. The minimum atomic E-state index is -0.645. The lowest BCUT2D eigenvalue weighted by atomic mass is 9.97. The van der Waals surface area contributed by atoms with E-state index in [2.05, 4.69) is 0 Å². The van der Waals surface area contributed by atoms with E-state index in [4.69, 9.17) is 5.11 Å². The third-order valence-corrected chi connectivity index (χ3v) is 3.67. The number of rotatable bonds is 3. The van der Waals surface area contributed by atoms with Gasteiger partial charge in [0.15, 0.2) is 0 Å². The van der Waals surface area contributed by atoms with Crippen molar-refractivity contribution in [2.45, 2.75) is 25.9 Å². The largest absolute Gasteiger partial charge is 0.396 e. The van der Waals surface area contributed by atoms with Gasteiger partial charge in [-0.15, -0.1) is 0 Å². The zero-order chi connectivity index (χ0) is 13.1. The maximum atomic E-state index is 14.0. The molecule has 0 amide bonds. The molecule has 0 saturated carbocycles. The molecule has 1 aromatic carbocycles.